The molecule has 256 valence electrons. The number of esters is 1. The number of amides is 2. The number of carbonyl (C=O) groups is 2. The summed E-state index contributed by atoms with van der Waals surface area (Å²) >= 11 is 1.16. The number of thiophene rings is 1. The Morgan fingerprint density at radius 2 is 1.61 bits per heavy atom. The molecule has 2 N–H and O–H groups in total. The van der Waals surface area contributed by atoms with Crippen LogP contribution in [0.1, 0.15) is 28.4 Å². The minimum atomic E-state index is -0.841. The highest BCUT2D eigenvalue weighted by atomic mass is 32.1. The molecule has 0 bridgehead atoms. The summed E-state index contributed by atoms with van der Waals surface area (Å²) in [7, 11) is 4.68. The van der Waals surface area contributed by atoms with Crippen LogP contribution >= 0.6 is 11.3 Å². The number of urea groups is 1. The van der Waals surface area contributed by atoms with E-state index < -0.39 is 35.4 Å². The number of ether oxygens (including phenoxy) is 2. The van der Waals surface area contributed by atoms with Crippen molar-refractivity contribution in [3.8, 4) is 16.1 Å². The van der Waals surface area contributed by atoms with Gasteiger partial charge in [-0.15, -0.1) is 11.3 Å². The van der Waals surface area contributed by atoms with E-state index in [0.717, 1.165) is 28.0 Å². The van der Waals surface area contributed by atoms with Crippen molar-refractivity contribution in [1.29, 1.82) is 0 Å². The molecule has 14 heteroatoms. The molecule has 0 aliphatic rings. The van der Waals surface area contributed by atoms with Crippen molar-refractivity contribution in [2.45, 2.75) is 20.0 Å². The van der Waals surface area contributed by atoms with Gasteiger partial charge < -0.3 is 20.1 Å². The predicted molar refractivity (Wildman–Crippen MR) is 185 cm³/mol. The van der Waals surface area contributed by atoms with Gasteiger partial charge in [-0.3, -0.25) is 14.3 Å². The molecule has 11 nitrogen and oxygen atoms in total. The molecule has 0 radical (unpaired) electrons. The number of methoxy groups -OCH3 is 2. The lowest BCUT2D eigenvalue weighted by Crippen LogP contribution is -2.39. The number of aromatic nitrogens is 2. The van der Waals surface area contributed by atoms with Gasteiger partial charge in [0.1, 0.15) is 16.5 Å². The average Bonchev–Trinajstić information content (AvgIpc) is 3.46. The molecule has 0 unspecified atom stereocenters. The zero-order valence-electron chi connectivity index (χ0n) is 27.3. The number of hydrogen-bond acceptors (Lipinski definition) is 8. The summed E-state index contributed by atoms with van der Waals surface area (Å²) < 4.78 is 42.2. The zero-order chi connectivity index (χ0) is 35.2. The summed E-state index contributed by atoms with van der Waals surface area (Å²) in [5.74, 6) is -2.28. The summed E-state index contributed by atoms with van der Waals surface area (Å²) in [4.78, 5) is 55.8. The van der Waals surface area contributed by atoms with E-state index in [9.17, 15) is 19.2 Å². The summed E-state index contributed by atoms with van der Waals surface area (Å²) in [6, 6.07) is 15.8. The van der Waals surface area contributed by atoms with Crippen molar-refractivity contribution in [1.82, 2.24) is 19.4 Å². The maximum Gasteiger partial charge on any atom is 0.337 e. The van der Waals surface area contributed by atoms with Gasteiger partial charge in [0.25, 0.3) is 5.56 Å². The largest absolute Gasteiger partial charge is 0.465 e. The van der Waals surface area contributed by atoms with E-state index in [4.69, 9.17) is 9.47 Å². The van der Waals surface area contributed by atoms with Gasteiger partial charge in [-0.05, 0) is 73.6 Å². The van der Waals surface area contributed by atoms with Crippen LogP contribution in [0.2, 0.25) is 0 Å². The average molecular weight is 692 g/mol. The Labute approximate surface area is 284 Å². The molecular formula is C35H35F2N5O6S. The molecule has 5 aromatic rings. The molecule has 5 rings (SSSR count). The Morgan fingerprint density at radius 1 is 0.939 bits per heavy atom. The molecule has 0 saturated heterocycles. The molecule has 0 fully saturated rings. The molecule has 0 atom stereocenters. The first-order valence-corrected chi connectivity index (χ1v) is 16.1. The van der Waals surface area contributed by atoms with Crippen LogP contribution in [0.25, 0.3) is 26.3 Å². The fraction of sp³-hybridized carbons (Fsp3) is 0.257. The van der Waals surface area contributed by atoms with Gasteiger partial charge in [0.2, 0.25) is 0 Å². The smallest absolute Gasteiger partial charge is 0.337 e. The number of likely N-dealkylation sites (N-methyl/N-ethyl adjacent to an activating group) is 1. The quantitative estimate of drug-likeness (QED) is 0.172. The molecule has 2 heterocycles. The highest BCUT2D eigenvalue weighted by molar-refractivity contribution is 7.22. The topological polar surface area (TPSA) is 124 Å². The number of nitrogens with zero attached hydrogens (tertiary/aromatic N) is 3. The molecule has 2 aromatic heterocycles. The van der Waals surface area contributed by atoms with Gasteiger partial charge in [-0.25, -0.2) is 27.7 Å². The second-order valence-electron chi connectivity index (χ2n) is 11.1. The van der Waals surface area contributed by atoms with Gasteiger partial charge >= 0.3 is 17.7 Å². The number of halogens is 2. The summed E-state index contributed by atoms with van der Waals surface area (Å²) in [5.41, 5.74) is 0.392. The number of fused-ring (bicyclic) bond motifs is 1. The van der Waals surface area contributed by atoms with Crippen molar-refractivity contribution in [3.05, 3.63) is 116 Å². The summed E-state index contributed by atoms with van der Waals surface area (Å²) in [6.07, 6.45) is 0. The minimum Gasteiger partial charge on any atom is -0.465 e. The van der Waals surface area contributed by atoms with Gasteiger partial charge in [-0.2, -0.15) is 0 Å². The second kappa shape index (κ2) is 15.4. The Morgan fingerprint density at radius 3 is 2.22 bits per heavy atom. The first-order valence-electron chi connectivity index (χ1n) is 15.3. The van der Waals surface area contributed by atoms with Crippen LogP contribution < -0.4 is 21.9 Å². The Hall–Kier alpha value is -5.18. The highest BCUT2D eigenvalue weighted by Crippen LogP contribution is 2.38. The van der Waals surface area contributed by atoms with Gasteiger partial charge in [-0.1, -0.05) is 18.2 Å². The second-order valence-corrected chi connectivity index (χ2v) is 12.1. The predicted octanol–water partition coefficient (Wildman–Crippen LogP) is 5.21. The molecule has 49 heavy (non-hydrogen) atoms. The Balaban J connectivity index is 1.79. The number of anilines is 1. The van der Waals surface area contributed by atoms with Crippen LogP contribution in [-0.2, 0) is 22.6 Å². The lowest BCUT2D eigenvalue weighted by atomic mass is 10.1. The Bertz CT molecular complexity index is 2090. The first-order chi connectivity index (χ1) is 23.6. The zero-order valence-corrected chi connectivity index (χ0v) is 28.2. The van der Waals surface area contributed by atoms with Crippen LogP contribution in [-0.4, -0.2) is 67.0 Å². The lowest BCUT2D eigenvalue weighted by Gasteiger charge is -2.18. The lowest BCUT2D eigenvalue weighted by molar-refractivity contribution is 0.0600. The van der Waals surface area contributed by atoms with E-state index in [-0.39, 0.29) is 39.6 Å². The van der Waals surface area contributed by atoms with Crippen molar-refractivity contribution >= 4 is 39.2 Å². The molecule has 0 aliphatic carbocycles. The van der Waals surface area contributed by atoms with Crippen molar-refractivity contribution in [2.24, 2.45) is 0 Å². The molecule has 0 spiro atoms. The van der Waals surface area contributed by atoms with Crippen molar-refractivity contribution < 1.29 is 27.8 Å². The van der Waals surface area contributed by atoms with E-state index in [2.05, 4.69) is 10.6 Å². The van der Waals surface area contributed by atoms with E-state index in [1.54, 1.807) is 38.3 Å². The van der Waals surface area contributed by atoms with Crippen LogP contribution in [0.15, 0.2) is 76.3 Å². The molecule has 3 aromatic carbocycles. The number of hydrogen-bond donors (Lipinski definition) is 2. The molecule has 0 aliphatic heterocycles. The normalized spacial score (nSPS) is 11.2. The molecular weight excluding hydrogens is 656 g/mol. The molecule has 0 saturated carbocycles. The fourth-order valence-corrected chi connectivity index (χ4v) is 6.67. The Kier molecular flexibility index (Phi) is 11.0. The number of nitrogens with one attached hydrogen (secondary N) is 2. The SMILES string of the molecule is CCNC(=O)Nc1ccc(-c2sc3c(c2CN(C)CCOC)c(=O)n(-c2ccc(C(=O)OC)cc2)c(=O)n3Cc2c(F)cccc2F)cc1. The maximum absolute atomic E-state index is 15.0. The van der Waals surface area contributed by atoms with Crippen molar-refractivity contribution in [2.75, 3.05) is 46.3 Å². The third-order valence-electron chi connectivity index (χ3n) is 7.84. The monoisotopic (exact) mass is 691 g/mol. The third kappa shape index (κ3) is 7.46. The van der Waals surface area contributed by atoms with Gasteiger partial charge in [0, 0.05) is 42.9 Å². The molecule has 2 amide bonds. The van der Waals surface area contributed by atoms with Crippen LogP contribution in [0.3, 0.4) is 0 Å². The number of benzene rings is 3. The van der Waals surface area contributed by atoms with Gasteiger partial charge in [0.15, 0.2) is 0 Å². The third-order valence-corrected chi connectivity index (χ3v) is 9.15. The maximum atomic E-state index is 15.0. The van der Waals surface area contributed by atoms with E-state index >= 15 is 8.78 Å². The number of carbonyl (C=O) groups excluding carboxylic acids is 2. The van der Waals surface area contributed by atoms with Crippen LogP contribution in [0.4, 0.5) is 19.3 Å². The highest BCUT2D eigenvalue weighted by Gasteiger charge is 2.26. The fourth-order valence-electron chi connectivity index (χ4n) is 5.36. The standard InChI is InChI=1S/C35H35F2N5O6S/c1-5-38-34(45)39-23-13-9-21(10-14-23)30-26(19-40(2)17-18-47-3)29-31(43)42(24-15-11-22(12-16-24)33(44)48-4)35(46)41(32(29)49-30)20-25-27(36)7-6-8-28(25)37/h6-16H,5,17-20H2,1-4H3,(H2,38,39,45). The van der Waals surface area contributed by atoms with Crippen LogP contribution in [0, 0.1) is 11.6 Å². The van der Waals surface area contributed by atoms with E-state index in [1.807, 2.05) is 11.9 Å². The first kappa shape index (κ1) is 35.1. The minimum absolute atomic E-state index is 0.152. The van der Waals surface area contributed by atoms with E-state index in [0.29, 0.717) is 41.4 Å². The number of rotatable bonds is 12. The van der Waals surface area contributed by atoms with Gasteiger partial charge in [0.05, 0.1) is 36.9 Å². The summed E-state index contributed by atoms with van der Waals surface area (Å²) in [6.45, 7) is 2.97. The van der Waals surface area contributed by atoms with Crippen LogP contribution in [0.5, 0.6) is 0 Å². The van der Waals surface area contributed by atoms with E-state index in [1.165, 1.54) is 42.0 Å². The summed E-state index contributed by atoms with van der Waals surface area (Å²) in [5, 5.41) is 5.62. The van der Waals surface area contributed by atoms with Crippen molar-refractivity contribution in [3.63, 3.8) is 0 Å².